The van der Waals surface area contributed by atoms with Crippen molar-refractivity contribution in [2.75, 3.05) is 14.2 Å². The number of methoxy groups -OCH3 is 2. The highest BCUT2D eigenvalue weighted by molar-refractivity contribution is 6.30. The molecule has 1 atom stereocenters. The van der Waals surface area contributed by atoms with E-state index in [1.54, 1.807) is 14.2 Å². The first-order chi connectivity index (χ1) is 10.1. The van der Waals surface area contributed by atoms with Crippen molar-refractivity contribution in [2.24, 2.45) is 5.73 Å². The van der Waals surface area contributed by atoms with Crippen LogP contribution < -0.4 is 10.5 Å². The third-order valence-electron chi connectivity index (χ3n) is 4.71. The Hall–Kier alpha value is -0.770. The molecule has 0 bridgehead atoms. The van der Waals surface area contributed by atoms with Crippen molar-refractivity contribution >= 4 is 11.6 Å². The van der Waals surface area contributed by atoms with Crippen LogP contribution in [0.1, 0.15) is 44.1 Å². The van der Waals surface area contributed by atoms with Crippen LogP contribution in [0.2, 0.25) is 5.02 Å². The summed E-state index contributed by atoms with van der Waals surface area (Å²) >= 11 is 6.11. The van der Waals surface area contributed by atoms with Crippen LogP contribution in [0.3, 0.4) is 0 Å². The van der Waals surface area contributed by atoms with Gasteiger partial charge in [0.25, 0.3) is 0 Å². The van der Waals surface area contributed by atoms with Gasteiger partial charge in [0.2, 0.25) is 0 Å². The minimum absolute atomic E-state index is 0.0482. The first-order valence-electron chi connectivity index (χ1n) is 7.74. The van der Waals surface area contributed by atoms with E-state index in [1.165, 1.54) is 25.7 Å². The normalized spacial score (nSPS) is 19.8. The molecule has 1 aliphatic carbocycles. The van der Waals surface area contributed by atoms with Crippen LogP contribution >= 0.6 is 11.6 Å². The van der Waals surface area contributed by atoms with Crippen molar-refractivity contribution in [1.29, 1.82) is 0 Å². The quantitative estimate of drug-likeness (QED) is 0.837. The topological polar surface area (TPSA) is 44.5 Å². The fourth-order valence-corrected chi connectivity index (χ4v) is 3.58. The molecular weight excluding hydrogens is 286 g/mol. The summed E-state index contributed by atoms with van der Waals surface area (Å²) in [4.78, 5) is 0. The molecule has 1 aromatic carbocycles. The van der Waals surface area contributed by atoms with Gasteiger partial charge in [0, 0.05) is 18.2 Å². The third-order valence-corrected chi connectivity index (χ3v) is 4.95. The van der Waals surface area contributed by atoms with Gasteiger partial charge in [-0.3, -0.25) is 0 Å². The largest absolute Gasteiger partial charge is 0.496 e. The molecule has 0 radical (unpaired) electrons. The van der Waals surface area contributed by atoms with Gasteiger partial charge >= 0.3 is 0 Å². The summed E-state index contributed by atoms with van der Waals surface area (Å²) in [6.45, 7) is 0. The van der Waals surface area contributed by atoms with E-state index in [0.717, 1.165) is 30.6 Å². The van der Waals surface area contributed by atoms with Gasteiger partial charge in [-0.2, -0.15) is 0 Å². The van der Waals surface area contributed by atoms with E-state index in [9.17, 15) is 0 Å². The summed E-state index contributed by atoms with van der Waals surface area (Å²) in [5.41, 5.74) is 7.38. The van der Waals surface area contributed by atoms with Crippen LogP contribution in [0, 0.1) is 0 Å². The second-order valence-electron chi connectivity index (χ2n) is 5.95. The lowest BCUT2D eigenvalue weighted by atomic mass is 9.83. The molecule has 1 aliphatic rings. The van der Waals surface area contributed by atoms with E-state index < -0.39 is 0 Å². The zero-order valence-corrected chi connectivity index (χ0v) is 13.8. The Kier molecular flexibility index (Phi) is 5.91. The highest BCUT2D eigenvalue weighted by Gasteiger charge is 2.37. The predicted octanol–water partition coefficient (Wildman–Crippen LogP) is 3.96. The Bertz CT molecular complexity index is 456. The number of halogens is 1. The molecule has 1 unspecified atom stereocenters. The molecule has 3 nitrogen and oxygen atoms in total. The average Bonchev–Trinajstić information content (AvgIpc) is 2.74. The SMILES string of the molecule is COc1ccc(Cl)cc1CC(N)C1(OC)CCCCCC1. The van der Waals surface area contributed by atoms with E-state index >= 15 is 0 Å². The molecule has 1 aromatic rings. The molecule has 0 spiro atoms. The number of nitrogens with two attached hydrogens (primary N) is 1. The molecule has 0 aromatic heterocycles. The molecule has 4 heteroatoms. The standard InChI is InChI=1S/C17H26ClNO2/c1-20-15-8-7-14(18)11-13(15)12-16(19)17(21-2)9-5-3-4-6-10-17/h7-8,11,16H,3-6,9-10,12,19H2,1-2H3. The zero-order valence-electron chi connectivity index (χ0n) is 13.0. The molecule has 0 aliphatic heterocycles. The van der Waals surface area contributed by atoms with Gasteiger partial charge in [0.1, 0.15) is 5.75 Å². The van der Waals surface area contributed by atoms with Crippen LogP contribution in [0.5, 0.6) is 5.75 Å². The predicted molar refractivity (Wildman–Crippen MR) is 87.1 cm³/mol. The lowest BCUT2D eigenvalue weighted by Crippen LogP contribution is -2.50. The Morgan fingerprint density at radius 1 is 1.19 bits per heavy atom. The summed E-state index contributed by atoms with van der Waals surface area (Å²) in [6, 6.07) is 5.64. The van der Waals surface area contributed by atoms with Crippen molar-refractivity contribution in [1.82, 2.24) is 0 Å². The van der Waals surface area contributed by atoms with Gasteiger partial charge in [-0.1, -0.05) is 37.3 Å². The van der Waals surface area contributed by atoms with Crippen LogP contribution in [-0.2, 0) is 11.2 Å². The molecule has 1 saturated carbocycles. The van der Waals surface area contributed by atoms with Gasteiger partial charge < -0.3 is 15.2 Å². The van der Waals surface area contributed by atoms with Gasteiger partial charge in [0.05, 0.1) is 12.7 Å². The number of benzene rings is 1. The highest BCUT2D eigenvalue weighted by Crippen LogP contribution is 2.35. The van der Waals surface area contributed by atoms with E-state index in [-0.39, 0.29) is 11.6 Å². The minimum Gasteiger partial charge on any atom is -0.496 e. The average molecular weight is 312 g/mol. The molecule has 0 saturated heterocycles. The zero-order chi connectivity index (χ0) is 15.3. The Morgan fingerprint density at radius 3 is 2.43 bits per heavy atom. The lowest BCUT2D eigenvalue weighted by Gasteiger charge is -2.37. The number of hydrogen-bond acceptors (Lipinski definition) is 3. The Morgan fingerprint density at radius 2 is 1.86 bits per heavy atom. The molecule has 2 rings (SSSR count). The van der Waals surface area contributed by atoms with E-state index in [0.29, 0.717) is 5.02 Å². The maximum atomic E-state index is 6.55. The Balaban J connectivity index is 2.18. The van der Waals surface area contributed by atoms with Crippen LogP contribution in [-0.4, -0.2) is 25.9 Å². The van der Waals surface area contributed by atoms with Crippen LogP contribution in [0.25, 0.3) is 0 Å². The number of rotatable bonds is 5. The highest BCUT2D eigenvalue weighted by atomic mass is 35.5. The molecule has 21 heavy (non-hydrogen) atoms. The number of ether oxygens (including phenoxy) is 2. The third kappa shape index (κ3) is 3.91. The maximum Gasteiger partial charge on any atom is 0.122 e. The summed E-state index contributed by atoms with van der Waals surface area (Å²) in [5.74, 6) is 0.842. The van der Waals surface area contributed by atoms with Crippen molar-refractivity contribution in [3.05, 3.63) is 28.8 Å². The number of hydrogen-bond donors (Lipinski definition) is 1. The summed E-state index contributed by atoms with van der Waals surface area (Å²) < 4.78 is 11.3. The van der Waals surface area contributed by atoms with E-state index in [1.807, 2.05) is 18.2 Å². The molecule has 2 N–H and O–H groups in total. The minimum atomic E-state index is -0.218. The van der Waals surface area contributed by atoms with Gasteiger partial charge in [-0.25, -0.2) is 0 Å². The van der Waals surface area contributed by atoms with Crippen LogP contribution in [0.15, 0.2) is 18.2 Å². The summed E-state index contributed by atoms with van der Waals surface area (Å²) in [6.07, 6.45) is 7.72. The molecule has 1 fully saturated rings. The van der Waals surface area contributed by atoms with Crippen molar-refractivity contribution in [3.63, 3.8) is 0 Å². The fraction of sp³-hybridized carbons (Fsp3) is 0.647. The van der Waals surface area contributed by atoms with Gasteiger partial charge in [-0.15, -0.1) is 0 Å². The van der Waals surface area contributed by atoms with Crippen molar-refractivity contribution in [3.8, 4) is 5.75 Å². The summed E-state index contributed by atoms with van der Waals surface area (Å²) in [5, 5.41) is 0.713. The second kappa shape index (κ2) is 7.48. The summed E-state index contributed by atoms with van der Waals surface area (Å²) in [7, 11) is 3.47. The molecule has 118 valence electrons. The van der Waals surface area contributed by atoms with Gasteiger partial charge in [0.15, 0.2) is 0 Å². The smallest absolute Gasteiger partial charge is 0.122 e. The molecule has 0 heterocycles. The second-order valence-corrected chi connectivity index (χ2v) is 6.39. The first-order valence-corrected chi connectivity index (χ1v) is 8.12. The maximum absolute atomic E-state index is 6.55. The molecular formula is C17H26ClNO2. The lowest BCUT2D eigenvalue weighted by molar-refractivity contribution is -0.0431. The monoisotopic (exact) mass is 311 g/mol. The Labute approximate surface area is 132 Å². The van der Waals surface area contributed by atoms with Crippen molar-refractivity contribution < 1.29 is 9.47 Å². The first kappa shape index (κ1) is 16.6. The van der Waals surface area contributed by atoms with Crippen LogP contribution in [0.4, 0.5) is 0 Å². The fourth-order valence-electron chi connectivity index (χ4n) is 3.38. The van der Waals surface area contributed by atoms with Crippen molar-refractivity contribution in [2.45, 2.75) is 56.6 Å². The van der Waals surface area contributed by atoms with E-state index in [2.05, 4.69) is 0 Å². The van der Waals surface area contributed by atoms with E-state index in [4.69, 9.17) is 26.8 Å². The molecule has 0 amide bonds. The van der Waals surface area contributed by atoms with Gasteiger partial charge in [-0.05, 0) is 43.0 Å².